The number of nitrogens with two attached hydrogens (primary N) is 1. The first-order chi connectivity index (χ1) is 10.7. The van der Waals surface area contributed by atoms with Gasteiger partial charge in [0.1, 0.15) is 0 Å². The second kappa shape index (κ2) is 10.1. The molecule has 4 nitrogen and oxygen atoms in total. The molecule has 1 atom stereocenters. The second-order valence-corrected chi connectivity index (χ2v) is 6.59. The van der Waals surface area contributed by atoms with E-state index in [4.69, 9.17) is 5.73 Å². The van der Waals surface area contributed by atoms with Crippen LogP contribution in [0.3, 0.4) is 0 Å². The molecule has 2 aliphatic rings. The number of likely N-dealkylation sites (tertiary alicyclic amines) is 2. The number of hydrogen-bond acceptors (Lipinski definition) is 3. The lowest BCUT2D eigenvalue weighted by Gasteiger charge is -2.28. The number of para-hydroxylation sites is 1. The molecule has 1 aromatic carbocycles. The van der Waals surface area contributed by atoms with Crippen LogP contribution in [0, 0.1) is 0 Å². The van der Waals surface area contributed by atoms with Crippen LogP contribution in [0.5, 0.6) is 0 Å². The Bertz CT molecular complexity index is 521. The highest BCUT2D eigenvalue weighted by atomic mass is 35.5. The van der Waals surface area contributed by atoms with Crippen LogP contribution in [0.2, 0.25) is 0 Å². The van der Waals surface area contributed by atoms with Crippen LogP contribution in [-0.2, 0) is 11.2 Å². The molecule has 6 heteroatoms. The van der Waals surface area contributed by atoms with E-state index in [-0.39, 0.29) is 24.8 Å². The summed E-state index contributed by atoms with van der Waals surface area (Å²) in [4.78, 5) is 17.2. The third kappa shape index (κ3) is 5.27. The molecule has 0 bridgehead atoms. The van der Waals surface area contributed by atoms with Gasteiger partial charge in [-0.3, -0.25) is 4.79 Å². The van der Waals surface area contributed by atoms with Gasteiger partial charge in [-0.1, -0.05) is 18.2 Å². The van der Waals surface area contributed by atoms with Crippen molar-refractivity contribution in [3.05, 3.63) is 29.8 Å². The molecule has 0 radical (unpaired) electrons. The van der Waals surface area contributed by atoms with Crippen molar-refractivity contribution in [3.8, 4) is 0 Å². The highest BCUT2D eigenvalue weighted by molar-refractivity contribution is 5.85. The van der Waals surface area contributed by atoms with Crippen molar-refractivity contribution in [2.45, 2.75) is 44.6 Å². The Balaban J connectivity index is 0.00000144. The molecule has 2 N–H and O–H groups in total. The van der Waals surface area contributed by atoms with Crippen molar-refractivity contribution in [1.82, 2.24) is 9.80 Å². The Morgan fingerprint density at radius 2 is 1.79 bits per heavy atom. The van der Waals surface area contributed by atoms with Crippen LogP contribution in [0.1, 0.15) is 37.7 Å². The molecule has 1 unspecified atom stereocenters. The molecule has 0 spiro atoms. The number of nitrogen functional groups attached to an aromatic ring is 1. The summed E-state index contributed by atoms with van der Waals surface area (Å²) < 4.78 is 0. The van der Waals surface area contributed by atoms with Crippen molar-refractivity contribution < 1.29 is 4.79 Å². The summed E-state index contributed by atoms with van der Waals surface area (Å²) in [6, 6.07) is 8.29. The van der Waals surface area contributed by atoms with E-state index in [0.717, 1.165) is 43.6 Å². The van der Waals surface area contributed by atoms with E-state index in [0.29, 0.717) is 18.4 Å². The first-order valence-electron chi connectivity index (χ1n) is 8.59. The highest BCUT2D eigenvalue weighted by Crippen LogP contribution is 2.22. The highest BCUT2D eigenvalue weighted by Gasteiger charge is 2.30. The molecular formula is C18H29Cl2N3O. The van der Waals surface area contributed by atoms with E-state index in [1.165, 1.54) is 25.9 Å². The zero-order chi connectivity index (χ0) is 15.4. The number of rotatable bonds is 5. The standard InChI is InChI=1S/C18H27N3O.2ClH/c19-17-8-2-1-6-15(17)9-10-18(22)21-13-5-7-16(21)14-20-11-3-4-12-20;;/h1-2,6,8,16H,3-5,7,9-14,19H2;2*1H. The van der Waals surface area contributed by atoms with Crippen molar-refractivity contribution in [2.75, 3.05) is 31.9 Å². The summed E-state index contributed by atoms with van der Waals surface area (Å²) in [6.07, 6.45) is 6.26. The summed E-state index contributed by atoms with van der Waals surface area (Å²) in [7, 11) is 0. The van der Waals surface area contributed by atoms with Crippen LogP contribution >= 0.6 is 24.8 Å². The Morgan fingerprint density at radius 1 is 1.08 bits per heavy atom. The summed E-state index contributed by atoms with van der Waals surface area (Å²) in [5.74, 6) is 0.296. The van der Waals surface area contributed by atoms with Gasteiger partial charge in [0.25, 0.3) is 0 Å². The normalized spacial score (nSPS) is 20.5. The maximum atomic E-state index is 12.6. The summed E-state index contributed by atoms with van der Waals surface area (Å²) in [6.45, 7) is 4.42. The molecule has 0 aromatic heterocycles. The first kappa shape index (κ1) is 21.1. The second-order valence-electron chi connectivity index (χ2n) is 6.59. The van der Waals surface area contributed by atoms with Gasteiger partial charge < -0.3 is 15.5 Å². The molecule has 3 rings (SSSR count). The van der Waals surface area contributed by atoms with Gasteiger partial charge >= 0.3 is 0 Å². The molecule has 24 heavy (non-hydrogen) atoms. The minimum atomic E-state index is 0. The van der Waals surface area contributed by atoms with Gasteiger partial charge in [-0.05, 0) is 56.8 Å². The first-order valence-corrected chi connectivity index (χ1v) is 8.59. The monoisotopic (exact) mass is 373 g/mol. The summed E-state index contributed by atoms with van der Waals surface area (Å²) in [5.41, 5.74) is 7.85. The lowest BCUT2D eigenvalue weighted by atomic mass is 10.1. The minimum absolute atomic E-state index is 0. The Kier molecular flexibility index (Phi) is 8.88. The van der Waals surface area contributed by atoms with E-state index >= 15 is 0 Å². The molecule has 2 saturated heterocycles. The molecule has 2 aliphatic heterocycles. The largest absolute Gasteiger partial charge is 0.399 e. The van der Waals surface area contributed by atoms with Crippen LogP contribution in [0.15, 0.2) is 24.3 Å². The van der Waals surface area contributed by atoms with Gasteiger partial charge in [0.2, 0.25) is 5.91 Å². The van der Waals surface area contributed by atoms with Gasteiger partial charge in [0.05, 0.1) is 0 Å². The molecule has 1 aromatic rings. The van der Waals surface area contributed by atoms with Crippen LogP contribution in [0.25, 0.3) is 0 Å². The molecule has 136 valence electrons. The van der Waals surface area contributed by atoms with E-state index in [1.54, 1.807) is 0 Å². The molecule has 1 amide bonds. The summed E-state index contributed by atoms with van der Waals surface area (Å²) >= 11 is 0. The molecular weight excluding hydrogens is 345 g/mol. The smallest absolute Gasteiger partial charge is 0.223 e. The van der Waals surface area contributed by atoms with Crippen molar-refractivity contribution in [3.63, 3.8) is 0 Å². The van der Waals surface area contributed by atoms with Crippen molar-refractivity contribution >= 4 is 36.4 Å². The number of aryl methyl sites for hydroxylation is 1. The Morgan fingerprint density at radius 3 is 2.50 bits per heavy atom. The van der Waals surface area contributed by atoms with Crippen LogP contribution < -0.4 is 5.73 Å². The van der Waals surface area contributed by atoms with Crippen LogP contribution in [0.4, 0.5) is 5.69 Å². The average Bonchev–Trinajstić information content (AvgIpc) is 3.18. The zero-order valence-electron chi connectivity index (χ0n) is 14.2. The average molecular weight is 374 g/mol. The zero-order valence-corrected chi connectivity index (χ0v) is 15.8. The van der Waals surface area contributed by atoms with Gasteiger partial charge in [-0.25, -0.2) is 0 Å². The number of benzene rings is 1. The summed E-state index contributed by atoms with van der Waals surface area (Å²) in [5, 5.41) is 0. The van der Waals surface area contributed by atoms with Gasteiger partial charge in [0.15, 0.2) is 0 Å². The van der Waals surface area contributed by atoms with E-state index < -0.39 is 0 Å². The number of carbonyl (C=O) groups is 1. The SMILES string of the molecule is Cl.Cl.Nc1ccccc1CCC(=O)N1CCCC1CN1CCCC1. The van der Waals surface area contributed by atoms with Gasteiger partial charge in [0, 0.05) is 31.2 Å². The topological polar surface area (TPSA) is 49.6 Å². The van der Waals surface area contributed by atoms with Gasteiger partial charge in [-0.2, -0.15) is 0 Å². The number of nitrogens with zero attached hydrogens (tertiary/aromatic N) is 2. The maximum Gasteiger partial charge on any atom is 0.223 e. The van der Waals surface area contributed by atoms with E-state index in [1.807, 2.05) is 24.3 Å². The molecule has 0 saturated carbocycles. The molecule has 2 fully saturated rings. The molecule has 0 aliphatic carbocycles. The number of carbonyl (C=O) groups excluding carboxylic acids is 1. The van der Waals surface area contributed by atoms with E-state index in [9.17, 15) is 4.79 Å². The lowest BCUT2D eigenvalue weighted by molar-refractivity contribution is -0.132. The number of amides is 1. The fraction of sp³-hybridized carbons (Fsp3) is 0.611. The fourth-order valence-corrected chi connectivity index (χ4v) is 3.76. The number of anilines is 1. The lowest BCUT2D eigenvalue weighted by Crippen LogP contribution is -2.42. The maximum absolute atomic E-state index is 12.6. The number of halogens is 2. The Labute approximate surface area is 157 Å². The quantitative estimate of drug-likeness (QED) is 0.806. The van der Waals surface area contributed by atoms with Crippen LogP contribution in [-0.4, -0.2) is 47.9 Å². The fourth-order valence-electron chi connectivity index (χ4n) is 3.76. The predicted octanol–water partition coefficient (Wildman–Crippen LogP) is 3.13. The van der Waals surface area contributed by atoms with Crippen molar-refractivity contribution in [1.29, 1.82) is 0 Å². The third-order valence-electron chi connectivity index (χ3n) is 5.03. The molecule has 2 heterocycles. The number of hydrogen-bond donors (Lipinski definition) is 1. The predicted molar refractivity (Wildman–Crippen MR) is 104 cm³/mol. The van der Waals surface area contributed by atoms with Crippen molar-refractivity contribution in [2.24, 2.45) is 0 Å². The minimum Gasteiger partial charge on any atom is -0.399 e. The van der Waals surface area contributed by atoms with Gasteiger partial charge in [-0.15, -0.1) is 24.8 Å². The van der Waals surface area contributed by atoms with E-state index in [2.05, 4.69) is 9.80 Å². The third-order valence-corrected chi connectivity index (χ3v) is 5.03. The Hall–Kier alpha value is -0.970.